The zero-order chi connectivity index (χ0) is 18.7. The Balaban J connectivity index is 1.63. The molecule has 1 atom stereocenters. The van der Waals surface area contributed by atoms with Gasteiger partial charge in [0.25, 0.3) is 6.02 Å². The highest BCUT2D eigenvalue weighted by Crippen LogP contribution is 2.32. The van der Waals surface area contributed by atoms with Crippen LogP contribution in [0.3, 0.4) is 0 Å². The van der Waals surface area contributed by atoms with Gasteiger partial charge in [0.15, 0.2) is 0 Å². The first kappa shape index (κ1) is 18.3. The number of pyridine rings is 1. The fourth-order valence-electron chi connectivity index (χ4n) is 2.54. The van der Waals surface area contributed by atoms with E-state index in [-0.39, 0.29) is 23.0 Å². The van der Waals surface area contributed by atoms with E-state index in [0.717, 1.165) is 30.5 Å². The molecule has 0 fully saturated rings. The van der Waals surface area contributed by atoms with Crippen molar-refractivity contribution in [2.75, 3.05) is 11.9 Å². The molecule has 0 spiro atoms. The van der Waals surface area contributed by atoms with Crippen LogP contribution in [-0.2, 0) is 17.3 Å². The van der Waals surface area contributed by atoms with Gasteiger partial charge in [0.05, 0.1) is 11.6 Å². The van der Waals surface area contributed by atoms with E-state index in [1.54, 1.807) is 12.1 Å². The summed E-state index contributed by atoms with van der Waals surface area (Å²) in [5, 5.41) is 2.61. The monoisotopic (exact) mass is 384 g/mol. The van der Waals surface area contributed by atoms with Gasteiger partial charge in [-0.15, -0.1) is 0 Å². The number of benzene rings is 1. The van der Waals surface area contributed by atoms with Crippen LogP contribution in [0.2, 0.25) is 5.15 Å². The Labute approximate surface area is 153 Å². The molecule has 0 aliphatic carbocycles. The van der Waals surface area contributed by atoms with Crippen molar-refractivity contribution in [2.24, 2.45) is 10.7 Å². The van der Waals surface area contributed by atoms with Gasteiger partial charge in [0, 0.05) is 5.69 Å². The van der Waals surface area contributed by atoms with Crippen molar-refractivity contribution in [3.8, 4) is 0 Å². The average molecular weight is 385 g/mol. The second-order valence-corrected chi connectivity index (χ2v) is 6.24. The van der Waals surface area contributed by atoms with Gasteiger partial charge in [-0.3, -0.25) is 0 Å². The number of aryl methyl sites for hydroxylation is 1. The molecule has 0 amide bonds. The lowest BCUT2D eigenvalue weighted by molar-refractivity contribution is -0.137. The second-order valence-electron chi connectivity index (χ2n) is 5.85. The third-order valence-electron chi connectivity index (χ3n) is 3.85. The molecule has 0 saturated carbocycles. The Kier molecular flexibility index (Phi) is 5.22. The first-order valence-electron chi connectivity index (χ1n) is 7.86. The molecular weight excluding hydrogens is 369 g/mol. The molecule has 1 aliphatic heterocycles. The van der Waals surface area contributed by atoms with Crippen LogP contribution in [0.15, 0.2) is 41.4 Å². The maximum Gasteiger partial charge on any atom is 0.416 e. The van der Waals surface area contributed by atoms with Crippen LogP contribution in [0.25, 0.3) is 0 Å². The van der Waals surface area contributed by atoms with Gasteiger partial charge in [-0.05, 0) is 42.7 Å². The molecule has 2 heterocycles. The summed E-state index contributed by atoms with van der Waals surface area (Å²) in [5.41, 5.74) is 6.31. The highest BCUT2D eigenvalue weighted by atomic mass is 35.5. The molecule has 5 nitrogen and oxygen atoms in total. The number of halogens is 4. The maximum atomic E-state index is 12.8. The van der Waals surface area contributed by atoms with Gasteiger partial charge in [-0.1, -0.05) is 23.7 Å². The average Bonchev–Trinajstić information content (AvgIpc) is 2.98. The Bertz CT molecular complexity index is 809. The van der Waals surface area contributed by atoms with E-state index in [0.29, 0.717) is 12.3 Å². The molecule has 1 aromatic heterocycles. The van der Waals surface area contributed by atoms with Crippen LogP contribution in [0.1, 0.15) is 17.5 Å². The molecule has 2 aromatic rings. The van der Waals surface area contributed by atoms with Gasteiger partial charge in [-0.25, -0.2) is 9.98 Å². The molecule has 138 valence electrons. The zero-order valence-electron chi connectivity index (χ0n) is 13.6. The highest BCUT2D eigenvalue weighted by molar-refractivity contribution is 6.29. The summed E-state index contributed by atoms with van der Waals surface area (Å²) in [4.78, 5) is 8.04. The van der Waals surface area contributed by atoms with Crippen LogP contribution in [0.4, 0.5) is 24.7 Å². The minimum Gasteiger partial charge on any atom is -0.463 e. The lowest BCUT2D eigenvalue weighted by Crippen LogP contribution is -2.10. The topological polar surface area (TPSA) is 72.5 Å². The molecule has 0 saturated heterocycles. The summed E-state index contributed by atoms with van der Waals surface area (Å²) in [5.74, 6) is 0.0329. The van der Waals surface area contributed by atoms with E-state index in [1.165, 1.54) is 0 Å². The number of aromatic nitrogens is 1. The van der Waals surface area contributed by atoms with Gasteiger partial charge in [0.2, 0.25) is 0 Å². The van der Waals surface area contributed by atoms with Gasteiger partial charge >= 0.3 is 6.18 Å². The Morgan fingerprint density at radius 1 is 1.23 bits per heavy atom. The Morgan fingerprint density at radius 2 is 1.96 bits per heavy atom. The molecule has 0 radical (unpaired) electrons. The molecule has 1 aliphatic rings. The molecule has 3 N–H and O–H groups in total. The van der Waals surface area contributed by atoms with Gasteiger partial charge < -0.3 is 15.8 Å². The largest absolute Gasteiger partial charge is 0.463 e. The summed E-state index contributed by atoms with van der Waals surface area (Å²) in [6.45, 7) is 0.493. The van der Waals surface area contributed by atoms with Crippen molar-refractivity contribution in [2.45, 2.75) is 25.1 Å². The number of nitrogens with two attached hydrogens (primary N) is 1. The normalized spacial score (nSPS) is 16.9. The van der Waals surface area contributed by atoms with Crippen LogP contribution in [0, 0.1) is 0 Å². The number of alkyl halides is 3. The van der Waals surface area contributed by atoms with Crippen molar-refractivity contribution in [3.05, 3.63) is 52.7 Å². The van der Waals surface area contributed by atoms with E-state index in [1.807, 2.05) is 12.1 Å². The smallest absolute Gasteiger partial charge is 0.416 e. The number of hydrogen-bond donors (Lipinski definition) is 2. The molecule has 3 rings (SSSR count). The van der Waals surface area contributed by atoms with E-state index in [2.05, 4.69) is 15.3 Å². The van der Waals surface area contributed by atoms with Crippen molar-refractivity contribution in [1.29, 1.82) is 0 Å². The number of amidine groups is 1. The maximum absolute atomic E-state index is 12.8. The van der Waals surface area contributed by atoms with Crippen molar-refractivity contribution < 1.29 is 17.9 Å². The first-order chi connectivity index (χ1) is 12.3. The molecule has 26 heavy (non-hydrogen) atoms. The Hall–Kier alpha value is -2.48. The number of nitrogens with one attached hydrogen (secondary N) is 1. The highest BCUT2D eigenvalue weighted by Gasteiger charge is 2.31. The van der Waals surface area contributed by atoms with Gasteiger partial charge in [-0.2, -0.15) is 13.2 Å². The van der Waals surface area contributed by atoms with Crippen molar-refractivity contribution >= 4 is 29.1 Å². The van der Waals surface area contributed by atoms with E-state index >= 15 is 0 Å². The SMILES string of the molecule is NC1=N[C@@H](CCc2ccc(Nc3cc(C(F)(F)F)cc(Cl)n3)cc2)CO1. The predicted molar refractivity (Wildman–Crippen MR) is 93.7 cm³/mol. The standard InChI is InChI=1S/C17H16ClF3N4O/c18-14-7-11(17(19,20)21)8-15(25-14)23-12-4-1-10(2-5-12)3-6-13-9-26-16(22)24-13/h1-2,4-5,7-8,13H,3,6,9H2,(H2,22,24)(H,23,25)/t13-/m0/s1. The summed E-state index contributed by atoms with van der Waals surface area (Å²) in [6, 6.07) is 9.31. The number of rotatable bonds is 5. The molecule has 0 unspecified atom stereocenters. The number of nitrogens with zero attached hydrogens (tertiary/aromatic N) is 2. The van der Waals surface area contributed by atoms with E-state index in [9.17, 15) is 13.2 Å². The van der Waals surface area contributed by atoms with Crippen LogP contribution >= 0.6 is 11.6 Å². The number of anilines is 2. The summed E-state index contributed by atoms with van der Waals surface area (Å²) < 4.78 is 43.6. The van der Waals surface area contributed by atoms with Crippen LogP contribution in [-0.4, -0.2) is 23.7 Å². The van der Waals surface area contributed by atoms with E-state index in [4.69, 9.17) is 22.1 Å². The number of aliphatic imine (C=N–C) groups is 1. The molecule has 9 heteroatoms. The lowest BCUT2D eigenvalue weighted by Gasteiger charge is -2.11. The lowest BCUT2D eigenvalue weighted by atomic mass is 10.1. The van der Waals surface area contributed by atoms with Crippen molar-refractivity contribution in [1.82, 2.24) is 4.98 Å². The van der Waals surface area contributed by atoms with Crippen molar-refractivity contribution in [3.63, 3.8) is 0 Å². The minimum absolute atomic E-state index is 0.0329. The number of hydrogen-bond acceptors (Lipinski definition) is 5. The third-order valence-corrected chi connectivity index (χ3v) is 4.04. The fraction of sp³-hybridized carbons (Fsp3) is 0.294. The fourth-order valence-corrected chi connectivity index (χ4v) is 2.75. The van der Waals surface area contributed by atoms with Crippen LogP contribution < -0.4 is 11.1 Å². The van der Waals surface area contributed by atoms with Crippen LogP contribution in [0.5, 0.6) is 0 Å². The zero-order valence-corrected chi connectivity index (χ0v) is 14.3. The third kappa shape index (κ3) is 4.78. The number of ether oxygens (including phenoxy) is 1. The Morgan fingerprint density at radius 3 is 2.58 bits per heavy atom. The summed E-state index contributed by atoms with van der Waals surface area (Å²) in [7, 11) is 0. The summed E-state index contributed by atoms with van der Waals surface area (Å²) in [6.07, 6.45) is -2.89. The predicted octanol–water partition coefficient (Wildman–Crippen LogP) is 4.14. The second kappa shape index (κ2) is 7.41. The molecule has 0 bridgehead atoms. The minimum atomic E-state index is -4.48. The first-order valence-corrected chi connectivity index (χ1v) is 8.24. The summed E-state index contributed by atoms with van der Waals surface area (Å²) >= 11 is 5.68. The quantitative estimate of drug-likeness (QED) is 0.760. The van der Waals surface area contributed by atoms with Gasteiger partial charge in [0.1, 0.15) is 17.6 Å². The van der Waals surface area contributed by atoms with E-state index < -0.39 is 11.7 Å². The molecular formula is C17H16ClF3N4O. The molecule has 1 aromatic carbocycles.